The van der Waals surface area contributed by atoms with Gasteiger partial charge in [0, 0.05) is 0 Å². The summed E-state index contributed by atoms with van der Waals surface area (Å²) in [6, 6.07) is 0. The van der Waals surface area contributed by atoms with Gasteiger partial charge in [-0.1, -0.05) is 25.3 Å². The molecule has 0 N–H and O–H groups in total. The topological polar surface area (TPSA) is 9.23 Å². The van der Waals surface area contributed by atoms with Crippen LogP contribution in [-0.4, -0.2) is 6.61 Å². The summed E-state index contributed by atoms with van der Waals surface area (Å²) in [4.78, 5) is 0. The molecule has 0 spiro atoms. The minimum Gasteiger partial charge on any atom is -0.494 e. The van der Waals surface area contributed by atoms with Crippen molar-refractivity contribution in [3.63, 3.8) is 0 Å². The molecular weight excluding hydrogens is 172 g/mol. The molecule has 2 rings (SSSR count). The van der Waals surface area contributed by atoms with Crippen LogP contribution in [0.1, 0.15) is 44.9 Å². The molecule has 1 saturated carbocycles. The van der Waals surface area contributed by atoms with Crippen LogP contribution in [0.5, 0.6) is 0 Å². The Morgan fingerprint density at radius 1 is 1.14 bits per heavy atom. The van der Waals surface area contributed by atoms with E-state index < -0.39 is 0 Å². The Morgan fingerprint density at radius 3 is 2.71 bits per heavy atom. The number of rotatable bonds is 2. The molecule has 1 aliphatic carbocycles. The van der Waals surface area contributed by atoms with Gasteiger partial charge in [0.15, 0.2) is 0 Å². The molecule has 14 heavy (non-hydrogen) atoms. The molecule has 1 heterocycles. The standard InChI is InChI=1S/C13H20O/c1-2-6-12(7-3-1)9-10-13-8-4-5-11-14-13/h8-10,12H,1-7,11H2/b10-9+. The molecule has 0 aromatic rings. The lowest BCUT2D eigenvalue weighted by Crippen LogP contribution is -2.04. The second-order valence-corrected chi connectivity index (χ2v) is 4.35. The van der Waals surface area contributed by atoms with Crippen molar-refractivity contribution >= 4 is 0 Å². The van der Waals surface area contributed by atoms with Crippen molar-refractivity contribution in [1.29, 1.82) is 0 Å². The zero-order valence-electron chi connectivity index (χ0n) is 8.87. The lowest BCUT2D eigenvalue weighted by atomic mass is 9.89. The maximum atomic E-state index is 5.54. The Hall–Kier alpha value is -0.720. The van der Waals surface area contributed by atoms with Crippen molar-refractivity contribution in [2.45, 2.75) is 44.9 Å². The quantitative estimate of drug-likeness (QED) is 0.646. The molecule has 1 heteroatoms. The minimum absolute atomic E-state index is 0.815. The first-order chi connectivity index (χ1) is 6.95. The highest BCUT2D eigenvalue weighted by Crippen LogP contribution is 2.25. The molecule has 0 unspecified atom stereocenters. The van der Waals surface area contributed by atoms with E-state index in [9.17, 15) is 0 Å². The first-order valence-electron chi connectivity index (χ1n) is 5.96. The summed E-state index contributed by atoms with van der Waals surface area (Å²) in [5, 5.41) is 0. The normalized spacial score (nSPS) is 24.7. The summed E-state index contributed by atoms with van der Waals surface area (Å²) < 4.78 is 5.54. The third kappa shape index (κ3) is 2.90. The van der Waals surface area contributed by atoms with Crippen LogP contribution in [0.15, 0.2) is 24.0 Å². The summed E-state index contributed by atoms with van der Waals surface area (Å²) >= 11 is 0. The van der Waals surface area contributed by atoms with Crippen LogP contribution >= 0.6 is 0 Å². The van der Waals surface area contributed by atoms with Crippen LogP contribution < -0.4 is 0 Å². The van der Waals surface area contributed by atoms with Gasteiger partial charge in [-0.3, -0.25) is 0 Å². The lowest BCUT2D eigenvalue weighted by molar-refractivity contribution is 0.205. The highest BCUT2D eigenvalue weighted by atomic mass is 16.5. The molecule has 0 saturated heterocycles. The molecule has 1 fully saturated rings. The first kappa shape index (κ1) is 9.82. The van der Waals surface area contributed by atoms with Crippen LogP contribution in [0.25, 0.3) is 0 Å². The average molecular weight is 192 g/mol. The number of ether oxygens (including phenoxy) is 1. The van der Waals surface area contributed by atoms with Crippen LogP contribution in [0.2, 0.25) is 0 Å². The highest BCUT2D eigenvalue weighted by molar-refractivity contribution is 5.14. The van der Waals surface area contributed by atoms with E-state index in [1.54, 1.807) is 0 Å². The Bertz CT molecular complexity index is 221. The summed E-state index contributed by atoms with van der Waals surface area (Å²) in [5.41, 5.74) is 0. The van der Waals surface area contributed by atoms with Crippen molar-refractivity contribution in [3.05, 3.63) is 24.0 Å². The fourth-order valence-corrected chi connectivity index (χ4v) is 2.25. The van der Waals surface area contributed by atoms with Crippen molar-refractivity contribution in [1.82, 2.24) is 0 Å². The molecule has 0 amide bonds. The zero-order chi connectivity index (χ0) is 9.64. The van der Waals surface area contributed by atoms with E-state index in [4.69, 9.17) is 4.74 Å². The van der Waals surface area contributed by atoms with E-state index in [1.165, 1.54) is 44.9 Å². The molecule has 0 aromatic heterocycles. The monoisotopic (exact) mass is 192 g/mol. The maximum Gasteiger partial charge on any atom is 0.115 e. The molecule has 0 radical (unpaired) electrons. The van der Waals surface area contributed by atoms with Gasteiger partial charge >= 0.3 is 0 Å². The van der Waals surface area contributed by atoms with E-state index in [1.807, 2.05) is 0 Å². The summed E-state index contributed by atoms with van der Waals surface area (Å²) in [5.74, 6) is 1.91. The predicted molar refractivity (Wildman–Crippen MR) is 59.0 cm³/mol. The summed E-state index contributed by atoms with van der Waals surface area (Å²) in [6.45, 7) is 0.904. The third-order valence-electron chi connectivity index (χ3n) is 3.15. The fraction of sp³-hybridized carbons (Fsp3) is 0.692. The van der Waals surface area contributed by atoms with Crippen molar-refractivity contribution in [2.24, 2.45) is 5.92 Å². The molecule has 0 atom stereocenters. The van der Waals surface area contributed by atoms with Crippen LogP contribution in [-0.2, 0) is 4.74 Å². The number of allylic oxidation sites excluding steroid dienone is 3. The van der Waals surface area contributed by atoms with Gasteiger partial charge in [0.2, 0.25) is 0 Å². The second kappa shape index (κ2) is 5.23. The predicted octanol–water partition coefficient (Wildman–Crippen LogP) is 3.82. The van der Waals surface area contributed by atoms with Gasteiger partial charge in [-0.15, -0.1) is 0 Å². The molecule has 2 aliphatic rings. The van der Waals surface area contributed by atoms with Crippen LogP contribution in [0.3, 0.4) is 0 Å². The molecular formula is C13H20O. The van der Waals surface area contributed by atoms with Crippen LogP contribution in [0.4, 0.5) is 0 Å². The molecule has 0 bridgehead atoms. The van der Waals surface area contributed by atoms with Gasteiger partial charge in [0.1, 0.15) is 5.76 Å². The van der Waals surface area contributed by atoms with E-state index in [0.29, 0.717) is 0 Å². The summed E-state index contributed by atoms with van der Waals surface area (Å²) in [6.07, 6.45) is 16.1. The van der Waals surface area contributed by atoms with E-state index in [-0.39, 0.29) is 0 Å². The molecule has 1 aliphatic heterocycles. The van der Waals surface area contributed by atoms with Crippen LogP contribution in [0, 0.1) is 5.92 Å². The van der Waals surface area contributed by atoms with Crippen molar-refractivity contribution in [2.75, 3.05) is 6.61 Å². The van der Waals surface area contributed by atoms with Gasteiger partial charge in [0.05, 0.1) is 6.61 Å². The van der Waals surface area contributed by atoms with Gasteiger partial charge < -0.3 is 4.74 Å². The van der Waals surface area contributed by atoms with E-state index >= 15 is 0 Å². The second-order valence-electron chi connectivity index (χ2n) is 4.35. The zero-order valence-corrected chi connectivity index (χ0v) is 8.87. The third-order valence-corrected chi connectivity index (χ3v) is 3.15. The molecule has 0 aromatic carbocycles. The SMILES string of the molecule is C1=C(/C=C/C2CCCCC2)OCCC1. The average Bonchev–Trinajstić information content (AvgIpc) is 2.29. The van der Waals surface area contributed by atoms with Gasteiger partial charge in [-0.05, 0) is 43.8 Å². The summed E-state index contributed by atoms with van der Waals surface area (Å²) in [7, 11) is 0. The lowest BCUT2D eigenvalue weighted by Gasteiger charge is -2.18. The minimum atomic E-state index is 0.815. The number of hydrogen-bond acceptors (Lipinski definition) is 1. The largest absolute Gasteiger partial charge is 0.494 e. The van der Waals surface area contributed by atoms with Crippen molar-refractivity contribution < 1.29 is 4.74 Å². The molecule has 1 nitrogen and oxygen atoms in total. The number of hydrogen-bond donors (Lipinski definition) is 0. The van der Waals surface area contributed by atoms with Crippen molar-refractivity contribution in [3.8, 4) is 0 Å². The Morgan fingerprint density at radius 2 is 2.00 bits per heavy atom. The Labute approximate surface area is 86.8 Å². The smallest absolute Gasteiger partial charge is 0.115 e. The van der Waals surface area contributed by atoms with Gasteiger partial charge in [-0.2, -0.15) is 0 Å². The highest BCUT2D eigenvalue weighted by Gasteiger charge is 2.10. The van der Waals surface area contributed by atoms with E-state index in [0.717, 1.165) is 18.3 Å². The fourth-order valence-electron chi connectivity index (χ4n) is 2.25. The maximum absolute atomic E-state index is 5.54. The molecule has 78 valence electrons. The first-order valence-corrected chi connectivity index (χ1v) is 5.96. The van der Waals surface area contributed by atoms with Gasteiger partial charge in [-0.25, -0.2) is 0 Å². The Kier molecular flexibility index (Phi) is 3.67. The Balaban J connectivity index is 1.82. The van der Waals surface area contributed by atoms with Gasteiger partial charge in [0.25, 0.3) is 0 Å². The van der Waals surface area contributed by atoms with E-state index in [2.05, 4.69) is 18.2 Å².